The minimum atomic E-state index is -0.220. The van der Waals surface area contributed by atoms with Gasteiger partial charge in [-0.2, -0.15) is 0 Å². The lowest BCUT2D eigenvalue weighted by molar-refractivity contribution is 0.104. The Morgan fingerprint density at radius 1 is 1.19 bits per heavy atom. The number of imidazole rings is 1. The molecule has 3 rings (SSSR count). The highest BCUT2D eigenvalue weighted by atomic mass is 16.3. The number of phenolic OH excluding ortho intramolecular Hbond substituents is 1. The number of rotatable bonds is 6. The molecular formula is C22H22N2O2. The van der Waals surface area contributed by atoms with Crippen molar-refractivity contribution in [3.05, 3.63) is 89.5 Å². The van der Waals surface area contributed by atoms with Gasteiger partial charge in [0.25, 0.3) is 0 Å². The summed E-state index contributed by atoms with van der Waals surface area (Å²) in [7, 11) is 0. The second kappa shape index (κ2) is 7.83. The lowest BCUT2D eigenvalue weighted by Gasteiger charge is -2.07. The number of hydrogen-bond acceptors (Lipinski definition) is 3. The molecule has 1 heterocycles. The molecule has 0 saturated heterocycles. The molecule has 0 radical (unpaired) electrons. The van der Waals surface area contributed by atoms with Gasteiger partial charge in [-0.15, -0.1) is 0 Å². The lowest BCUT2D eigenvalue weighted by Crippen LogP contribution is -2.00. The van der Waals surface area contributed by atoms with E-state index in [2.05, 4.69) is 31.0 Å². The fraction of sp³-hybridized carbons (Fsp3) is 0.182. The monoisotopic (exact) mass is 346 g/mol. The molecule has 3 aromatic rings. The molecule has 0 unspecified atom stereocenters. The molecule has 0 saturated carbocycles. The molecule has 132 valence electrons. The molecule has 0 aliphatic rings. The molecule has 0 aliphatic carbocycles. The van der Waals surface area contributed by atoms with Gasteiger partial charge in [0, 0.05) is 18.9 Å². The Balaban J connectivity index is 1.76. The molecule has 0 aliphatic heterocycles. The van der Waals surface area contributed by atoms with Crippen molar-refractivity contribution in [1.82, 2.24) is 9.55 Å². The third kappa shape index (κ3) is 4.28. The summed E-state index contributed by atoms with van der Waals surface area (Å²) in [6.07, 6.45) is 8.55. The smallest absolute Gasteiger partial charge is 0.189 e. The average Bonchev–Trinajstić information content (AvgIpc) is 3.14. The van der Waals surface area contributed by atoms with E-state index < -0.39 is 0 Å². The van der Waals surface area contributed by atoms with Crippen molar-refractivity contribution in [2.75, 3.05) is 0 Å². The van der Waals surface area contributed by atoms with Crippen LogP contribution in [-0.4, -0.2) is 20.4 Å². The first-order valence-electron chi connectivity index (χ1n) is 8.63. The van der Waals surface area contributed by atoms with E-state index >= 15 is 0 Å². The molecule has 26 heavy (non-hydrogen) atoms. The van der Waals surface area contributed by atoms with Crippen LogP contribution < -0.4 is 0 Å². The van der Waals surface area contributed by atoms with Gasteiger partial charge in [-0.1, -0.05) is 50.3 Å². The number of nitrogens with zero attached hydrogens (tertiary/aromatic N) is 2. The van der Waals surface area contributed by atoms with E-state index in [-0.39, 0.29) is 11.5 Å². The zero-order valence-electron chi connectivity index (χ0n) is 15.0. The van der Waals surface area contributed by atoms with Gasteiger partial charge in [0.1, 0.15) is 5.75 Å². The molecule has 0 bridgehead atoms. The molecule has 1 N–H and O–H groups in total. The Kier molecular flexibility index (Phi) is 5.32. The molecule has 0 amide bonds. The first kappa shape index (κ1) is 17.7. The van der Waals surface area contributed by atoms with Crippen molar-refractivity contribution >= 4 is 11.9 Å². The molecule has 1 aromatic heterocycles. The highest BCUT2D eigenvalue weighted by Gasteiger charge is 2.10. The fourth-order valence-corrected chi connectivity index (χ4v) is 2.72. The number of benzene rings is 2. The van der Waals surface area contributed by atoms with Gasteiger partial charge in [-0.3, -0.25) is 4.79 Å². The van der Waals surface area contributed by atoms with Gasteiger partial charge >= 0.3 is 0 Å². The van der Waals surface area contributed by atoms with Gasteiger partial charge in [0.2, 0.25) is 0 Å². The highest BCUT2D eigenvalue weighted by Crippen LogP contribution is 2.21. The number of allylic oxidation sites excluding steroid dienone is 1. The number of carbonyl (C=O) groups is 1. The third-order valence-corrected chi connectivity index (χ3v) is 4.28. The summed E-state index contributed by atoms with van der Waals surface area (Å²) in [6, 6.07) is 13.2. The Labute approximate surface area is 153 Å². The Morgan fingerprint density at radius 2 is 1.96 bits per heavy atom. The molecular weight excluding hydrogens is 324 g/mol. The number of phenols is 1. The summed E-state index contributed by atoms with van der Waals surface area (Å²) in [5.41, 5.74) is 3.45. The minimum Gasteiger partial charge on any atom is -0.507 e. The van der Waals surface area contributed by atoms with Crippen molar-refractivity contribution < 1.29 is 9.90 Å². The van der Waals surface area contributed by atoms with E-state index in [4.69, 9.17) is 0 Å². The normalized spacial score (nSPS) is 11.3. The van der Waals surface area contributed by atoms with Crippen LogP contribution in [-0.2, 0) is 6.54 Å². The van der Waals surface area contributed by atoms with Crippen LogP contribution in [0.3, 0.4) is 0 Å². The molecule has 0 spiro atoms. The zero-order valence-corrected chi connectivity index (χ0v) is 15.0. The van der Waals surface area contributed by atoms with Gasteiger partial charge in [0.05, 0.1) is 11.9 Å². The van der Waals surface area contributed by atoms with Crippen LogP contribution in [0.25, 0.3) is 6.08 Å². The standard InChI is InChI=1S/C22H22N2O2/c1-16(2)19-7-3-17(4-8-19)5-9-21(25)20-13-18(6-10-22(20)26)14-24-12-11-23-15-24/h3-13,15-16,26H,14H2,1-2H3/b9-5+. The van der Waals surface area contributed by atoms with Crippen LogP contribution in [0.2, 0.25) is 0 Å². The van der Waals surface area contributed by atoms with Gasteiger partial charge in [-0.05, 0) is 40.8 Å². The Morgan fingerprint density at radius 3 is 2.62 bits per heavy atom. The highest BCUT2D eigenvalue weighted by molar-refractivity contribution is 6.08. The number of aromatic nitrogens is 2. The summed E-state index contributed by atoms with van der Waals surface area (Å²) < 4.78 is 1.91. The SMILES string of the molecule is CC(C)c1ccc(/C=C/C(=O)c2cc(Cn3ccnc3)ccc2O)cc1. The van der Waals surface area contributed by atoms with Crippen LogP contribution in [0.15, 0.2) is 67.3 Å². The zero-order chi connectivity index (χ0) is 18.5. The number of aromatic hydroxyl groups is 1. The first-order valence-corrected chi connectivity index (χ1v) is 8.63. The summed E-state index contributed by atoms with van der Waals surface area (Å²) in [5, 5.41) is 10.1. The average molecular weight is 346 g/mol. The maximum absolute atomic E-state index is 12.5. The summed E-state index contributed by atoms with van der Waals surface area (Å²) in [6.45, 7) is 4.89. The van der Waals surface area contributed by atoms with E-state index in [9.17, 15) is 9.90 Å². The predicted octanol–water partition coefficient (Wildman–Crippen LogP) is 4.66. The Hall–Kier alpha value is -3.14. The molecule has 4 nitrogen and oxygen atoms in total. The van der Waals surface area contributed by atoms with E-state index in [0.29, 0.717) is 18.0 Å². The first-order chi connectivity index (χ1) is 12.5. The van der Waals surface area contributed by atoms with Crippen molar-refractivity contribution in [2.24, 2.45) is 0 Å². The van der Waals surface area contributed by atoms with Crippen molar-refractivity contribution in [3.8, 4) is 5.75 Å². The second-order valence-electron chi connectivity index (χ2n) is 6.61. The van der Waals surface area contributed by atoms with Crippen LogP contribution in [0.4, 0.5) is 0 Å². The topological polar surface area (TPSA) is 55.1 Å². The quantitative estimate of drug-likeness (QED) is 0.522. The summed E-state index contributed by atoms with van der Waals surface area (Å²) >= 11 is 0. The molecule has 0 atom stereocenters. The van der Waals surface area contributed by atoms with Gasteiger partial charge in [-0.25, -0.2) is 4.98 Å². The largest absolute Gasteiger partial charge is 0.507 e. The number of hydrogen-bond donors (Lipinski definition) is 1. The summed E-state index contributed by atoms with van der Waals surface area (Å²) in [5.74, 6) is 0.247. The molecule has 2 aromatic carbocycles. The number of ketones is 1. The van der Waals surface area contributed by atoms with E-state index in [1.165, 1.54) is 11.6 Å². The predicted molar refractivity (Wildman–Crippen MR) is 103 cm³/mol. The van der Waals surface area contributed by atoms with E-state index in [0.717, 1.165) is 11.1 Å². The van der Waals surface area contributed by atoms with Gasteiger partial charge in [0.15, 0.2) is 5.78 Å². The van der Waals surface area contributed by atoms with Crippen LogP contribution in [0.1, 0.15) is 46.8 Å². The summed E-state index contributed by atoms with van der Waals surface area (Å²) in [4.78, 5) is 16.5. The fourth-order valence-electron chi connectivity index (χ4n) is 2.72. The van der Waals surface area contributed by atoms with E-state index in [1.54, 1.807) is 36.8 Å². The third-order valence-electron chi connectivity index (χ3n) is 4.28. The van der Waals surface area contributed by atoms with Crippen LogP contribution in [0.5, 0.6) is 5.75 Å². The van der Waals surface area contributed by atoms with Crippen molar-refractivity contribution in [2.45, 2.75) is 26.3 Å². The van der Waals surface area contributed by atoms with Crippen molar-refractivity contribution in [1.29, 1.82) is 0 Å². The van der Waals surface area contributed by atoms with Crippen LogP contribution >= 0.6 is 0 Å². The lowest BCUT2D eigenvalue weighted by atomic mass is 10.0. The Bertz CT molecular complexity index is 908. The minimum absolute atomic E-state index is 0.0100. The molecule has 0 fully saturated rings. The molecule has 4 heteroatoms. The van der Waals surface area contributed by atoms with E-state index in [1.807, 2.05) is 22.9 Å². The van der Waals surface area contributed by atoms with Gasteiger partial charge < -0.3 is 9.67 Å². The van der Waals surface area contributed by atoms with Crippen molar-refractivity contribution in [3.63, 3.8) is 0 Å². The maximum atomic E-state index is 12.5. The van der Waals surface area contributed by atoms with Crippen LogP contribution in [0, 0.1) is 0 Å². The number of carbonyl (C=O) groups excluding carboxylic acids is 1. The maximum Gasteiger partial charge on any atom is 0.189 e. The second-order valence-corrected chi connectivity index (χ2v) is 6.61.